The van der Waals surface area contributed by atoms with E-state index in [0.717, 1.165) is 0 Å². The predicted octanol–water partition coefficient (Wildman–Crippen LogP) is -0.579. The van der Waals surface area contributed by atoms with Crippen LogP contribution in [0, 0.1) is 0 Å². The Morgan fingerprint density at radius 1 is 1.71 bits per heavy atom. The first kappa shape index (κ1) is 10.5. The molecule has 1 aliphatic rings. The molecule has 0 fully saturated rings. The Balaban J connectivity index is 2.64. The van der Waals surface area contributed by atoms with Gasteiger partial charge in [0.2, 0.25) is 5.66 Å². The summed E-state index contributed by atoms with van der Waals surface area (Å²) in [6.07, 6.45) is 3.36. The number of esters is 1. The van der Waals surface area contributed by atoms with E-state index in [2.05, 4.69) is 10.6 Å². The molecule has 1 atom stereocenters. The molecule has 1 unspecified atom stereocenters. The Morgan fingerprint density at radius 3 is 3.00 bits per heavy atom. The van der Waals surface area contributed by atoms with Crippen LogP contribution < -0.4 is 16.4 Å². The second-order valence-corrected chi connectivity index (χ2v) is 2.94. The molecule has 0 aromatic carbocycles. The first-order valence-corrected chi connectivity index (χ1v) is 4.31. The third-order valence-corrected chi connectivity index (χ3v) is 1.66. The van der Waals surface area contributed by atoms with Crippen LogP contribution in [0.25, 0.3) is 0 Å². The number of ether oxygens (including phenoxy) is 1. The maximum atomic E-state index is 11.4. The van der Waals surface area contributed by atoms with E-state index in [4.69, 9.17) is 10.5 Å². The van der Waals surface area contributed by atoms with Crippen molar-refractivity contribution >= 4 is 12.0 Å². The van der Waals surface area contributed by atoms with Crippen LogP contribution in [0.3, 0.4) is 0 Å². The van der Waals surface area contributed by atoms with Gasteiger partial charge in [0.1, 0.15) is 0 Å². The topological polar surface area (TPSA) is 93.4 Å². The van der Waals surface area contributed by atoms with E-state index >= 15 is 0 Å². The highest BCUT2D eigenvalue weighted by Crippen LogP contribution is 2.05. The van der Waals surface area contributed by atoms with Crippen molar-refractivity contribution in [3.8, 4) is 0 Å². The fourth-order valence-corrected chi connectivity index (χ4v) is 0.948. The second kappa shape index (κ2) is 4.10. The van der Waals surface area contributed by atoms with Gasteiger partial charge in [-0.2, -0.15) is 0 Å². The van der Waals surface area contributed by atoms with Crippen LogP contribution in [0.1, 0.15) is 13.3 Å². The third kappa shape index (κ3) is 2.23. The Bertz CT molecular complexity index is 277. The monoisotopic (exact) mass is 199 g/mol. The van der Waals surface area contributed by atoms with Gasteiger partial charge >= 0.3 is 12.0 Å². The number of rotatable bonds is 3. The minimum absolute atomic E-state index is 0.287. The lowest BCUT2D eigenvalue weighted by molar-refractivity contribution is -0.149. The number of hydrogen-bond acceptors (Lipinski definition) is 4. The molecule has 2 amide bonds. The maximum Gasteiger partial charge on any atom is 0.351 e. The van der Waals surface area contributed by atoms with Gasteiger partial charge in [-0.3, -0.25) is 5.73 Å². The van der Waals surface area contributed by atoms with E-state index in [0.29, 0.717) is 6.42 Å². The Morgan fingerprint density at radius 2 is 2.43 bits per heavy atom. The van der Waals surface area contributed by atoms with Gasteiger partial charge in [0.05, 0.1) is 6.61 Å². The molecule has 0 aromatic rings. The van der Waals surface area contributed by atoms with Crippen molar-refractivity contribution in [2.75, 3.05) is 6.61 Å². The highest BCUT2D eigenvalue weighted by molar-refractivity contribution is 5.90. The van der Waals surface area contributed by atoms with Crippen molar-refractivity contribution < 1.29 is 14.3 Å². The van der Waals surface area contributed by atoms with Gasteiger partial charge in [0.25, 0.3) is 0 Å². The standard InChI is InChI=1S/C8H13N3O3/c1-2-5-14-6(12)8(9)3-4-10-7(13)11-8/h3-4H,2,5,9H2,1H3,(H2,10,11,13). The molecule has 0 aliphatic carbocycles. The Kier molecular flexibility index (Phi) is 3.08. The van der Waals surface area contributed by atoms with Gasteiger partial charge < -0.3 is 15.4 Å². The van der Waals surface area contributed by atoms with Crippen LogP contribution in [0.4, 0.5) is 4.79 Å². The summed E-state index contributed by atoms with van der Waals surface area (Å²) in [6, 6.07) is -0.525. The molecule has 0 radical (unpaired) electrons. The molecule has 6 heteroatoms. The minimum Gasteiger partial charge on any atom is -0.463 e. The summed E-state index contributed by atoms with van der Waals surface area (Å²) in [4.78, 5) is 22.3. The molecule has 78 valence electrons. The fraction of sp³-hybridized carbons (Fsp3) is 0.500. The van der Waals surface area contributed by atoms with Gasteiger partial charge in [-0.25, -0.2) is 9.59 Å². The number of urea groups is 1. The van der Waals surface area contributed by atoms with Gasteiger partial charge in [-0.1, -0.05) is 6.92 Å². The van der Waals surface area contributed by atoms with Gasteiger partial charge in [0.15, 0.2) is 0 Å². The first-order valence-electron chi connectivity index (χ1n) is 4.31. The number of carbonyl (C=O) groups is 2. The number of nitrogens with two attached hydrogens (primary N) is 1. The van der Waals surface area contributed by atoms with Crippen molar-refractivity contribution in [3.05, 3.63) is 12.3 Å². The van der Waals surface area contributed by atoms with Crippen molar-refractivity contribution in [2.24, 2.45) is 5.73 Å². The summed E-state index contributed by atoms with van der Waals surface area (Å²) in [5.74, 6) is -0.662. The third-order valence-electron chi connectivity index (χ3n) is 1.66. The molecule has 0 bridgehead atoms. The van der Waals surface area contributed by atoms with E-state index in [1.807, 2.05) is 6.92 Å². The molecule has 1 rings (SSSR count). The molecule has 1 aliphatic heterocycles. The summed E-state index contributed by atoms with van der Waals surface area (Å²) >= 11 is 0. The highest BCUT2D eigenvalue weighted by Gasteiger charge is 2.36. The summed E-state index contributed by atoms with van der Waals surface area (Å²) in [6.45, 7) is 2.15. The molecule has 0 saturated heterocycles. The minimum atomic E-state index is -1.54. The quantitative estimate of drug-likeness (QED) is 0.530. The summed E-state index contributed by atoms with van der Waals surface area (Å²) in [7, 11) is 0. The van der Waals surface area contributed by atoms with Crippen molar-refractivity contribution in [1.82, 2.24) is 10.6 Å². The normalized spacial score (nSPS) is 25.1. The molecule has 0 saturated carbocycles. The van der Waals surface area contributed by atoms with Gasteiger partial charge in [0, 0.05) is 6.20 Å². The SMILES string of the molecule is CCCOC(=O)C1(N)C=CNC(=O)N1. The Labute approximate surface area is 81.5 Å². The number of hydrogen-bond donors (Lipinski definition) is 3. The van der Waals surface area contributed by atoms with E-state index in [1.165, 1.54) is 12.3 Å². The predicted molar refractivity (Wildman–Crippen MR) is 49.0 cm³/mol. The number of nitrogens with one attached hydrogen (secondary N) is 2. The average molecular weight is 199 g/mol. The van der Waals surface area contributed by atoms with Gasteiger partial charge in [-0.15, -0.1) is 0 Å². The lowest BCUT2D eigenvalue weighted by Gasteiger charge is -2.27. The smallest absolute Gasteiger partial charge is 0.351 e. The molecular formula is C8H13N3O3. The zero-order chi connectivity index (χ0) is 10.6. The molecule has 4 N–H and O–H groups in total. The maximum absolute atomic E-state index is 11.4. The van der Waals surface area contributed by atoms with Crippen LogP contribution in [-0.4, -0.2) is 24.3 Å². The molecule has 14 heavy (non-hydrogen) atoms. The molecule has 0 spiro atoms. The highest BCUT2D eigenvalue weighted by atomic mass is 16.5. The molecule has 0 aromatic heterocycles. The second-order valence-electron chi connectivity index (χ2n) is 2.94. The van der Waals surface area contributed by atoms with E-state index in [9.17, 15) is 9.59 Å². The van der Waals surface area contributed by atoms with Crippen molar-refractivity contribution in [2.45, 2.75) is 19.0 Å². The molecule has 6 nitrogen and oxygen atoms in total. The van der Waals surface area contributed by atoms with Crippen LogP contribution in [0.15, 0.2) is 12.3 Å². The fourth-order valence-electron chi connectivity index (χ4n) is 0.948. The van der Waals surface area contributed by atoms with Crippen molar-refractivity contribution in [1.29, 1.82) is 0 Å². The van der Waals surface area contributed by atoms with E-state index in [1.54, 1.807) is 0 Å². The Hall–Kier alpha value is -1.56. The summed E-state index contributed by atoms with van der Waals surface area (Å²) in [5, 5.41) is 4.60. The van der Waals surface area contributed by atoms with Crippen LogP contribution in [0.5, 0.6) is 0 Å². The van der Waals surface area contributed by atoms with E-state index in [-0.39, 0.29) is 6.61 Å². The lowest BCUT2D eigenvalue weighted by Crippen LogP contribution is -2.64. The van der Waals surface area contributed by atoms with Crippen LogP contribution in [0.2, 0.25) is 0 Å². The van der Waals surface area contributed by atoms with Crippen LogP contribution >= 0.6 is 0 Å². The first-order chi connectivity index (χ1) is 6.58. The largest absolute Gasteiger partial charge is 0.463 e. The summed E-state index contributed by atoms with van der Waals surface area (Å²) in [5.41, 5.74) is 4.06. The van der Waals surface area contributed by atoms with Crippen molar-refractivity contribution in [3.63, 3.8) is 0 Å². The number of carbonyl (C=O) groups excluding carboxylic acids is 2. The molecular weight excluding hydrogens is 186 g/mol. The average Bonchev–Trinajstić information content (AvgIpc) is 2.13. The zero-order valence-corrected chi connectivity index (χ0v) is 7.87. The van der Waals surface area contributed by atoms with Crippen LogP contribution in [-0.2, 0) is 9.53 Å². The summed E-state index contributed by atoms with van der Waals surface area (Å²) < 4.78 is 4.82. The van der Waals surface area contributed by atoms with E-state index < -0.39 is 17.7 Å². The van der Waals surface area contributed by atoms with Gasteiger partial charge in [-0.05, 0) is 12.5 Å². The zero-order valence-electron chi connectivity index (χ0n) is 7.87. The lowest BCUT2D eigenvalue weighted by atomic mass is 10.1. The molecule has 1 heterocycles. The number of amides is 2.